The molecule has 6 nitrogen and oxygen atoms in total. The maximum Gasteiger partial charge on any atom is 0.164 e. The Labute approximate surface area is 171 Å². The molecule has 2 aromatic carbocycles. The van der Waals surface area contributed by atoms with Gasteiger partial charge in [0.15, 0.2) is 5.79 Å². The third-order valence-corrected chi connectivity index (χ3v) is 5.40. The molecule has 2 aromatic rings. The summed E-state index contributed by atoms with van der Waals surface area (Å²) in [5, 5.41) is 21.6. The summed E-state index contributed by atoms with van der Waals surface area (Å²) in [6, 6.07) is 19.4. The van der Waals surface area contributed by atoms with E-state index in [0.29, 0.717) is 13.2 Å². The van der Waals surface area contributed by atoms with Crippen molar-refractivity contribution in [2.24, 2.45) is 0 Å². The van der Waals surface area contributed by atoms with E-state index in [1.165, 1.54) is 0 Å². The molecular formula is C23H28O6. The fraction of sp³-hybridized carbons (Fsp3) is 0.478. The van der Waals surface area contributed by atoms with Crippen molar-refractivity contribution < 1.29 is 29.2 Å². The van der Waals surface area contributed by atoms with Gasteiger partial charge >= 0.3 is 0 Å². The first-order chi connectivity index (χ1) is 13.9. The highest BCUT2D eigenvalue weighted by Gasteiger charge is 2.58. The SMILES string of the molecule is CC1(C)O[C@@H]2[C@H](O1)[C@H](OCc1ccccc1)[C@@H](O)[C@H](O)[C@H]2OCc1ccccc1. The lowest BCUT2D eigenvalue weighted by atomic mass is 9.84. The zero-order valence-corrected chi connectivity index (χ0v) is 16.7. The van der Waals surface area contributed by atoms with Gasteiger partial charge in [-0.15, -0.1) is 0 Å². The molecule has 2 aliphatic rings. The summed E-state index contributed by atoms with van der Waals surface area (Å²) in [6.45, 7) is 4.23. The Morgan fingerprint density at radius 1 is 0.724 bits per heavy atom. The van der Waals surface area contributed by atoms with Crippen molar-refractivity contribution >= 4 is 0 Å². The molecule has 0 unspecified atom stereocenters. The minimum Gasteiger partial charge on any atom is -0.387 e. The third-order valence-electron chi connectivity index (χ3n) is 5.40. The Hall–Kier alpha value is -1.80. The van der Waals surface area contributed by atoms with Gasteiger partial charge in [0.1, 0.15) is 36.6 Å². The van der Waals surface area contributed by atoms with Gasteiger partial charge in [-0.2, -0.15) is 0 Å². The number of ether oxygens (including phenoxy) is 4. The second-order valence-electron chi connectivity index (χ2n) is 8.07. The van der Waals surface area contributed by atoms with Crippen LogP contribution < -0.4 is 0 Å². The van der Waals surface area contributed by atoms with Crippen LogP contribution in [0.3, 0.4) is 0 Å². The highest BCUT2D eigenvalue weighted by Crippen LogP contribution is 2.40. The zero-order chi connectivity index (χ0) is 20.4. The lowest BCUT2D eigenvalue weighted by Gasteiger charge is -2.43. The van der Waals surface area contributed by atoms with Gasteiger partial charge in [-0.3, -0.25) is 0 Å². The lowest BCUT2D eigenvalue weighted by Crippen LogP contribution is -2.63. The van der Waals surface area contributed by atoms with E-state index in [1.54, 1.807) is 0 Å². The number of benzene rings is 2. The van der Waals surface area contributed by atoms with E-state index < -0.39 is 42.4 Å². The van der Waals surface area contributed by atoms with E-state index in [4.69, 9.17) is 18.9 Å². The quantitative estimate of drug-likeness (QED) is 0.776. The molecule has 156 valence electrons. The average Bonchev–Trinajstić information content (AvgIpc) is 3.04. The summed E-state index contributed by atoms with van der Waals surface area (Å²) in [5.41, 5.74) is 1.96. The number of hydrogen-bond acceptors (Lipinski definition) is 6. The molecule has 0 spiro atoms. The van der Waals surface area contributed by atoms with Gasteiger partial charge in [-0.1, -0.05) is 60.7 Å². The van der Waals surface area contributed by atoms with Crippen LogP contribution in [0.1, 0.15) is 25.0 Å². The van der Waals surface area contributed by atoms with Gasteiger partial charge in [0.2, 0.25) is 0 Å². The van der Waals surface area contributed by atoms with Crippen molar-refractivity contribution in [2.45, 2.75) is 69.5 Å². The minimum absolute atomic E-state index is 0.303. The molecule has 1 heterocycles. The van der Waals surface area contributed by atoms with Gasteiger partial charge in [0, 0.05) is 0 Å². The van der Waals surface area contributed by atoms with E-state index in [0.717, 1.165) is 11.1 Å². The predicted molar refractivity (Wildman–Crippen MR) is 106 cm³/mol. The van der Waals surface area contributed by atoms with Gasteiger partial charge in [-0.25, -0.2) is 0 Å². The van der Waals surface area contributed by atoms with Crippen LogP contribution in [0.2, 0.25) is 0 Å². The first kappa shape index (κ1) is 20.5. The Bertz CT molecular complexity index is 715. The minimum atomic E-state index is -1.15. The Kier molecular flexibility index (Phi) is 6.01. The number of fused-ring (bicyclic) bond motifs is 1. The Morgan fingerprint density at radius 3 is 1.48 bits per heavy atom. The lowest BCUT2D eigenvalue weighted by molar-refractivity contribution is -0.223. The largest absolute Gasteiger partial charge is 0.387 e. The summed E-state index contributed by atoms with van der Waals surface area (Å²) in [6.07, 6.45) is -4.86. The fourth-order valence-electron chi connectivity index (χ4n) is 4.02. The van der Waals surface area contributed by atoms with E-state index in [1.807, 2.05) is 74.5 Å². The van der Waals surface area contributed by atoms with E-state index in [2.05, 4.69) is 0 Å². The number of rotatable bonds is 6. The van der Waals surface area contributed by atoms with E-state index in [9.17, 15) is 10.2 Å². The summed E-state index contributed by atoms with van der Waals surface area (Å²) >= 11 is 0. The van der Waals surface area contributed by atoms with Crippen molar-refractivity contribution in [1.29, 1.82) is 0 Å². The predicted octanol–water partition coefficient (Wildman–Crippen LogP) is 2.41. The molecule has 2 fully saturated rings. The maximum atomic E-state index is 10.8. The van der Waals surface area contributed by atoms with Crippen LogP contribution in [0.5, 0.6) is 0 Å². The molecule has 0 amide bonds. The molecule has 0 bridgehead atoms. The third kappa shape index (κ3) is 4.53. The smallest absolute Gasteiger partial charge is 0.164 e. The molecule has 1 saturated carbocycles. The first-order valence-corrected chi connectivity index (χ1v) is 9.97. The molecule has 2 N–H and O–H groups in total. The number of aliphatic hydroxyl groups excluding tert-OH is 2. The summed E-state index contributed by atoms with van der Waals surface area (Å²) in [7, 11) is 0. The Morgan fingerprint density at radius 2 is 1.10 bits per heavy atom. The van der Waals surface area contributed by atoms with E-state index in [-0.39, 0.29) is 0 Å². The Balaban J connectivity index is 1.50. The topological polar surface area (TPSA) is 77.4 Å². The van der Waals surface area contributed by atoms with Crippen molar-refractivity contribution in [3.8, 4) is 0 Å². The molecular weight excluding hydrogens is 372 g/mol. The van der Waals surface area contributed by atoms with Crippen LogP contribution in [-0.2, 0) is 32.2 Å². The molecule has 1 saturated heterocycles. The normalized spacial score (nSPS) is 33.4. The second-order valence-corrected chi connectivity index (χ2v) is 8.07. The molecule has 6 atom stereocenters. The average molecular weight is 400 g/mol. The fourth-order valence-corrected chi connectivity index (χ4v) is 4.02. The van der Waals surface area contributed by atoms with Gasteiger partial charge < -0.3 is 29.2 Å². The summed E-state index contributed by atoms with van der Waals surface area (Å²) in [5.74, 6) is -0.859. The van der Waals surface area contributed by atoms with Crippen LogP contribution in [0, 0.1) is 0 Å². The molecule has 0 aromatic heterocycles. The highest BCUT2D eigenvalue weighted by molar-refractivity contribution is 5.15. The second kappa shape index (κ2) is 8.52. The molecule has 6 heteroatoms. The summed E-state index contributed by atoms with van der Waals surface area (Å²) < 4.78 is 24.1. The number of hydrogen-bond donors (Lipinski definition) is 2. The molecule has 1 aliphatic heterocycles. The number of aliphatic hydroxyl groups is 2. The van der Waals surface area contributed by atoms with Crippen molar-refractivity contribution in [2.75, 3.05) is 0 Å². The molecule has 29 heavy (non-hydrogen) atoms. The molecule has 1 aliphatic carbocycles. The molecule has 0 radical (unpaired) electrons. The van der Waals surface area contributed by atoms with Gasteiger partial charge in [0.25, 0.3) is 0 Å². The van der Waals surface area contributed by atoms with Gasteiger partial charge in [-0.05, 0) is 25.0 Å². The zero-order valence-electron chi connectivity index (χ0n) is 16.7. The summed E-state index contributed by atoms with van der Waals surface area (Å²) in [4.78, 5) is 0. The van der Waals surface area contributed by atoms with Crippen molar-refractivity contribution in [1.82, 2.24) is 0 Å². The standard InChI is InChI=1S/C23H28O6/c1-23(2)28-21-19(26-13-15-9-5-3-6-10-15)17(24)18(25)20(22(21)29-23)27-14-16-11-7-4-8-12-16/h3-12,17-22,24-25H,13-14H2,1-2H3/t17-,18-,19+,20+,21-,22+/m0/s1. The molecule has 4 rings (SSSR count). The van der Waals surface area contributed by atoms with Crippen molar-refractivity contribution in [3.05, 3.63) is 71.8 Å². The highest BCUT2D eigenvalue weighted by atomic mass is 16.8. The van der Waals surface area contributed by atoms with Crippen LogP contribution in [0.25, 0.3) is 0 Å². The monoisotopic (exact) mass is 400 g/mol. The maximum absolute atomic E-state index is 10.8. The van der Waals surface area contributed by atoms with Gasteiger partial charge in [0.05, 0.1) is 13.2 Å². The van der Waals surface area contributed by atoms with Crippen LogP contribution in [-0.4, -0.2) is 52.6 Å². The van der Waals surface area contributed by atoms with Crippen molar-refractivity contribution in [3.63, 3.8) is 0 Å². The first-order valence-electron chi connectivity index (χ1n) is 9.97. The van der Waals surface area contributed by atoms with Crippen LogP contribution >= 0.6 is 0 Å². The van der Waals surface area contributed by atoms with Crippen LogP contribution in [0.4, 0.5) is 0 Å². The van der Waals surface area contributed by atoms with Crippen LogP contribution in [0.15, 0.2) is 60.7 Å². The van der Waals surface area contributed by atoms with E-state index >= 15 is 0 Å².